The van der Waals surface area contributed by atoms with E-state index in [1.807, 2.05) is 12.1 Å². The van der Waals surface area contributed by atoms with Crippen LogP contribution in [0.15, 0.2) is 24.3 Å². The van der Waals surface area contributed by atoms with Gasteiger partial charge in [-0.1, -0.05) is 32.9 Å². The average molecular weight is 385 g/mol. The maximum Gasteiger partial charge on any atom is 0.274 e. The van der Waals surface area contributed by atoms with Crippen molar-refractivity contribution in [2.24, 2.45) is 28.6 Å². The number of amides is 2. The molecule has 0 aliphatic heterocycles. The number of benzene rings is 1. The number of nitrogens with one attached hydrogen (secondary N) is 2. The van der Waals surface area contributed by atoms with Crippen LogP contribution in [0.5, 0.6) is 0 Å². The van der Waals surface area contributed by atoms with Crippen molar-refractivity contribution in [2.75, 3.05) is 0 Å². The molecule has 1 unspecified atom stereocenters. The van der Waals surface area contributed by atoms with Crippen molar-refractivity contribution in [3.8, 4) is 0 Å². The monoisotopic (exact) mass is 384 g/mol. The van der Waals surface area contributed by atoms with E-state index in [2.05, 4.69) is 26.1 Å². The first-order valence-corrected chi connectivity index (χ1v) is 10.6. The average Bonchev–Trinajstić information content (AvgIpc) is 2.63. The van der Waals surface area contributed by atoms with Crippen molar-refractivity contribution in [1.82, 2.24) is 10.8 Å². The Hall–Kier alpha value is -1.88. The second kappa shape index (κ2) is 6.87. The lowest BCUT2D eigenvalue weighted by Crippen LogP contribution is -2.55. The Morgan fingerprint density at radius 1 is 1.00 bits per heavy atom. The SMILES string of the molecule is CC(C)(C)C(NC(=O)C12CC3CC(CC(C3)C1)C2)c1ccc(C(=O)NO)cc1. The first-order valence-electron chi connectivity index (χ1n) is 10.6. The molecular weight excluding hydrogens is 352 g/mol. The topological polar surface area (TPSA) is 78.4 Å². The third kappa shape index (κ3) is 3.45. The molecule has 0 saturated heterocycles. The Balaban J connectivity index is 1.56. The van der Waals surface area contributed by atoms with Gasteiger partial charge in [-0.25, -0.2) is 5.48 Å². The van der Waals surface area contributed by atoms with E-state index >= 15 is 0 Å². The zero-order valence-corrected chi connectivity index (χ0v) is 17.1. The summed E-state index contributed by atoms with van der Waals surface area (Å²) >= 11 is 0. The summed E-state index contributed by atoms with van der Waals surface area (Å²) in [5.74, 6) is 1.91. The lowest BCUT2D eigenvalue weighted by Gasteiger charge is -2.56. The highest BCUT2D eigenvalue weighted by Crippen LogP contribution is 2.60. The van der Waals surface area contributed by atoms with E-state index in [9.17, 15) is 9.59 Å². The van der Waals surface area contributed by atoms with Gasteiger partial charge in [-0.05, 0) is 79.4 Å². The van der Waals surface area contributed by atoms with Crippen molar-refractivity contribution in [3.63, 3.8) is 0 Å². The van der Waals surface area contributed by atoms with Crippen LogP contribution in [0, 0.1) is 28.6 Å². The van der Waals surface area contributed by atoms with E-state index in [0.29, 0.717) is 5.56 Å². The molecule has 4 aliphatic carbocycles. The Labute approximate surface area is 167 Å². The van der Waals surface area contributed by atoms with Crippen LogP contribution in [-0.4, -0.2) is 17.0 Å². The summed E-state index contributed by atoms with van der Waals surface area (Å²) in [6.07, 6.45) is 7.13. The molecule has 4 bridgehead atoms. The molecular formula is C23H32N2O3. The molecule has 0 spiro atoms. The first-order chi connectivity index (χ1) is 13.2. The predicted octanol–water partition coefficient (Wildman–Crippen LogP) is 4.23. The standard InChI is InChI=1S/C23H32N2O3/c1-22(2,3)19(17-4-6-18(7-5-17)20(26)25-28)24-21(27)23-11-14-8-15(12-23)10-16(9-14)13-23/h4-7,14-16,19,28H,8-13H2,1-3H3,(H,24,27)(H,25,26). The van der Waals surface area contributed by atoms with Crippen molar-refractivity contribution in [3.05, 3.63) is 35.4 Å². The summed E-state index contributed by atoms with van der Waals surface area (Å²) in [5.41, 5.74) is 2.71. The van der Waals surface area contributed by atoms with E-state index in [-0.39, 0.29) is 22.8 Å². The van der Waals surface area contributed by atoms with Gasteiger partial charge in [-0.2, -0.15) is 0 Å². The Morgan fingerprint density at radius 2 is 1.50 bits per heavy atom. The summed E-state index contributed by atoms with van der Waals surface area (Å²) in [4.78, 5) is 25.1. The number of hydrogen-bond donors (Lipinski definition) is 3. The minimum absolute atomic E-state index is 0.126. The van der Waals surface area contributed by atoms with E-state index in [1.165, 1.54) is 19.3 Å². The fraction of sp³-hybridized carbons (Fsp3) is 0.652. The highest BCUT2D eigenvalue weighted by molar-refractivity contribution is 5.93. The molecule has 0 radical (unpaired) electrons. The first kappa shape index (κ1) is 19.4. The van der Waals surface area contributed by atoms with Crippen LogP contribution in [0.1, 0.15) is 81.3 Å². The molecule has 1 aromatic rings. The zero-order valence-electron chi connectivity index (χ0n) is 17.1. The van der Waals surface area contributed by atoms with Crippen LogP contribution >= 0.6 is 0 Å². The molecule has 1 aromatic carbocycles. The molecule has 28 heavy (non-hydrogen) atoms. The Bertz CT molecular complexity index is 728. The molecule has 3 N–H and O–H groups in total. The molecule has 152 valence electrons. The van der Waals surface area contributed by atoms with Gasteiger partial charge in [-0.15, -0.1) is 0 Å². The van der Waals surface area contributed by atoms with Crippen LogP contribution < -0.4 is 10.8 Å². The molecule has 2 amide bonds. The van der Waals surface area contributed by atoms with Gasteiger partial charge in [0.2, 0.25) is 5.91 Å². The normalized spacial score (nSPS) is 32.1. The van der Waals surface area contributed by atoms with Crippen molar-refractivity contribution >= 4 is 11.8 Å². The minimum Gasteiger partial charge on any atom is -0.348 e. The van der Waals surface area contributed by atoms with Crippen LogP contribution in [0.2, 0.25) is 0 Å². The van der Waals surface area contributed by atoms with Gasteiger partial charge in [0, 0.05) is 11.0 Å². The highest BCUT2D eigenvalue weighted by atomic mass is 16.5. The fourth-order valence-corrected chi connectivity index (χ4v) is 6.36. The maximum atomic E-state index is 13.5. The van der Waals surface area contributed by atoms with Crippen LogP contribution in [0.3, 0.4) is 0 Å². The number of hydrogen-bond acceptors (Lipinski definition) is 3. The summed E-state index contributed by atoms with van der Waals surface area (Å²) < 4.78 is 0. The van der Waals surface area contributed by atoms with Crippen LogP contribution in [0.25, 0.3) is 0 Å². The molecule has 4 aliphatic rings. The molecule has 1 atom stereocenters. The quantitative estimate of drug-likeness (QED) is 0.537. The molecule has 5 heteroatoms. The highest BCUT2D eigenvalue weighted by Gasteiger charge is 2.55. The lowest BCUT2D eigenvalue weighted by molar-refractivity contribution is -0.147. The van der Waals surface area contributed by atoms with E-state index in [0.717, 1.165) is 42.6 Å². The minimum atomic E-state index is -0.531. The second-order valence-electron chi connectivity index (χ2n) is 10.5. The van der Waals surface area contributed by atoms with Gasteiger partial charge in [0.15, 0.2) is 0 Å². The number of hydroxylamine groups is 1. The van der Waals surface area contributed by atoms with Crippen LogP contribution in [-0.2, 0) is 4.79 Å². The zero-order chi connectivity index (χ0) is 20.1. The van der Waals surface area contributed by atoms with Gasteiger partial charge in [0.05, 0.1) is 6.04 Å². The number of carbonyl (C=O) groups excluding carboxylic acids is 2. The summed E-state index contributed by atoms with van der Waals surface area (Å²) in [6, 6.07) is 7.01. The Kier molecular flexibility index (Phi) is 4.77. The molecule has 0 heterocycles. The van der Waals surface area contributed by atoms with Crippen LogP contribution in [0.4, 0.5) is 0 Å². The third-order valence-corrected chi connectivity index (χ3v) is 7.27. The molecule has 4 fully saturated rings. The smallest absolute Gasteiger partial charge is 0.274 e. The molecule has 4 saturated carbocycles. The largest absolute Gasteiger partial charge is 0.348 e. The lowest BCUT2D eigenvalue weighted by atomic mass is 9.49. The predicted molar refractivity (Wildman–Crippen MR) is 107 cm³/mol. The van der Waals surface area contributed by atoms with E-state index in [4.69, 9.17) is 5.21 Å². The Morgan fingerprint density at radius 3 is 1.93 bits per heavy atom. The second-order valence-corrected chi connectivity index (χ2v) is 10.5. The molecule has 5 rings (SSSR count). The fourth-order valence-electron chi connectivity index (χ4n) is 6.36. The van der Waals surface area contributed by atoms with Gasteiger partial charge in [-0.3, -0.25) is 14.8 Å². The van der Waals surface area contributed by atoms with E-state index < -0.39 is 5.91 Å². The summed E-state index contributed by atoms with van der Waals surface area (Å²) in [6.45, 7) is 6.39. The van der Waals surface area contributed by atoms with Gasteiger partial charge in [0.1, 0.15) is 0 Å². The van der Waals surface area contributed by atoms with Crippen molar-refractivity contribution in [1.29, 1.82) is 0 Å². The van der Waals surface area contributed by atoms with Crippen molar-refractivity contribution in [2.45, 2.75) is 65.3 Å². The van der Waals surface area contributed by atoms with Gasteiger partial charge in [0.25, 0.3) is 5.91 Å². The summed E-state index contributed by atoms with van der Waals surface area (Å²) in [7, 11) is 0. The maximum absolute atomic E-state index is 13.5. The van der Waals surface area contributed by atoms with Gasteiger partial charge >= 0.3 is 0 Å². The summed E-state index contributed by atoms with van der Waals surface area (Å²) in [5, 5.41) is 12.2. The van der Waals surface area contributed by atoms with E-state index in [1.54, 1.807) is 17.6 Å². The number of carbonyl (C=O) groups is 2. The van der Waals surface area contributed by atoms with Gasteiger partial charge < -0.3 is 5.32 Å². The molecule has 5 nitrogen and oxygen atoms in total. The molecule has 0 aromatic heterocycles. The number of rotatable bonds is 4. The van der Waals surface area contributed by atoms with Crippen molar-refractivity contribution < 1.29 is 14.8 Å². The third-order valence-electron chi connectivity index (χ3n) is 7.27.